The average molecular weight is 359 g/mol. The lowest BCUT2D eigenvalue weighted by Crippen LogP contribution is -2.16. The number of aliphatic hydroxyl groups is 1. The molecule has 0 bridgehead atoms. The van der Waals surface area contributed by atoms with Crippen LogP contribution in [-0.2, 0) is 6.42 Å². The van der Waals surface area contributed by atoms with Crippen LogP contribution in [0.25, 0.3) is 0 Å². The molecule has 0 amide bonds. The third-order valence-corrected chi connectivity index (χ3v) is 7.66. The lowest BCUT2D eigenvalue weighted by molar-refractivity contribution is 0.118. The van der Waals surface area contributed by atoms with E-state index in [-0.39, 0.29) is 16.6 Å². The maximum absolute atomic E-state index is 10.8. The zero-order valence-electron chi connectivity index (χ0n) is 15.8. The summed E-state index contributed by atoms with van der Waals surface area (Å²) >= 11 is 0. The predicted octanol–water partition coefficient (Wildman–Crippen LogP) is 5.59. The maximum Gasteiger partial charge on any atom is 0.176 e. The summed E-state index contributed by atoms with van der Waals surface area (Å²) in [6.07, 6.45) is 7.39. The molecule has 1 N–H and O–H groups in total. The standard InChI is InChI=1S/C22H32NOS/c1-17(22(24)19-12-8-5-9-13-19)16-21-20(14-15-25(21)23(2)3)18-10-6-4-7-11-18/h5,8-9,12-15,17-18,22,24H,4,6-7,10-11,16H2,1-3H3/q+1. The third-order valence-electron chi connectivity index (χ3n) is 5.58. The largest absolute Gasteiger partial charge is 0.388 e. The molecular formula is C22H32NOS+. The Labute approximate surface area is 155 Å². The summed E-state index contributed by atoms with van der Waals surface area (Å²) in [7, 11) is 4.43. The van der Waals surface area contributed by atoms with Gasteiger partial charge in [0.15, 0.2) is 10.3 Å². The molecule has 3 heteroatoms. The van der Waals surface area contributed by atoms with Crippen LogP contribution >= 0.6 is 10.7 Å². The van der Waals surface area contributed by atoms with Crippen molar-refractivity contribution in [3.05, 3.63) is 57.8 Å². The molecular weight excluding hydrogens is 326 g/mol. The van der Waals surface area contributed by atoms with Gasteiger partial charge in [-0.2, -0.15) is 0 Å². The molecule has 1 fully saturated rings. The molecule has 1 aromatic carbocycles. The van der Waals surface area contributed by atoms with Crippen molar-refractivity contribution in [3.63, 3.8) is 0 Å². The molecule has 3 atom stereocenters. The summed E-state index contributed by atoms with van der Waals surface area (Å²) in [5, 5.41) is 13.2. The SMILES string of the molecule is CC(Cc1c(C2CCCCC2)cc[s+]1N(C)C)C(O)c1ccccc1. The first-order chi connectivity index (χ1) is 12.1. The van der Waals surface area contributed by atoms with E-state index < -0.39 is 6.10 Å². The Kier molecular flexibility index (Phi) is 6.32. The van der Waals surface area contributed by atoms with Gasteiger partial charge in [0.2, 0.25) is 0 Å². The normalized spacial score (nSPS) is 19.2. The highest BCUT2D eigenvalue weighted by Gasteiger charge is 2.31. The molecule has 1 aromatic heterocycles. The number of hydrogen-bond acceptors (Lipinski definition) is 2. The van der Waals surface area contributed by atoms with E-state index in [2.05, 4.69) is 36.8 Å². The van der Waals surface area contributed by atoms with Gasteiger partial charge in [0.25, 0.3) is 0 Å². The van der Waals surface area contributed by atoms with E-state index in [1.165, 1.54) is 32.1 Å². The fourth-order valence-corrected chi connectivity index (χ4v) is 6.17. The quantitative estimate of drug-likeness (QED) is 0.680. The molecule has 1 aliphatic carbocycles. The van der Waals surface area contributed by atoms with Crippen molar-refractivity contribution in [2.45, 2.75) is 57.5 Å². The average Bonchev–Trinajstić information content (AvgIpc) is 3.06. The van der Waals surface area contributed by atoms with Gasteiger partial charge in [0, 0.05) is 32.1 Å². The second-order valence-corrected chi connectivity index (χ2v) is 9.80. The van der Waals surface area contributed by atoms with Crippen molar-refractivity contribution in [3.8, 4) is 0 Å². The van der Waals surface area contributed by atoms with E-state index in [1.54, 1.807) is 10.4 Å². The highest BCUT2D eigenvalue weighted by molar-refractivity contribution is 7.32. The maximum atomic E-state index is 10.8. The Morgan fingerprint density at radius 1 is 1.08 bits per heavy atom. The lowest BCUT2D eigenvalue weighted by Gasteiger charge is -2.23. The van der Waals surface area contributed by atoms with Gasteiger partial charge in [-0.05, 0) is 30.2 Å². The minimum Gasteiger partial charge on any atom is -0.388 e. The zero-order valence-corrected chi connectivity index (χ0v) is 16.6. The van der Waals surface area contributed by atoms with Crippen molar-refractivity contribution in [1.82, 2.24) is 0 Å². The van der Waals surface area contributed by atoms with Crippen molar-refractivity contribution in [2.75, 3.05) is 18.4 Å². The van der Waals surface area contributed by atoms with Crippen LogP contribution in [0.4, 0.5) is 0 Å². The Morgan fingerprint density at radius 2 is 1.76 bits per heavy atom. The highest BCUT2D eigenvalue weighted by Crippen LogP contribution is 2.42. The Hall–Kier alpha value is -1.16. The number of hydrogen-bond donors (Lipinski definition) is 1. The van der Waals surface area contributed by atoms with Gasteiger partial charge in [0.1, 0.15) is 0 Å². The topological polar surface area (TPSA) is 23.5 Å². The first-order valence-electron chi connectivity index (χ1n) is 9.62. The summed E-state index contributed by atoms with van der Waals surface area (Å²) in [4.78, 5) is 1.57. The molecule has 0 saturated heterocycles. The Balaban J connectivity index is 1.83. The first-order valence-corrected chi connectivity index (χ1v) is 10.9. The number of rotatable bonds is 6. The second-order valence-electron chi connectivity index (χ2n) is 7.68. The summed E-state index contributed by atoms with van der Waals surface area (Å²) in [6.45, 7) is 2.19. The lowest BCUT2D eigenvalue weighted by atomic mass is 9.83. The van der Waals surface area contributed by atoms with Crippen LogP contribution in [0.2, 0.25) is 0 Å². The molecule has 2 nitrogen and oxygen atoms in total. The van der Waals surface area contributed by atoms with Crippen LogP contribution in [0.3, 0.4) is 0 Å². The van der Waals surface area contributed by atoms with E-state index >= 15 is 0 Å². The van der Waals surface area contributed by atoms with Gasteiger partial charge in [0.05, 0.1) is 16.8 Å². The summed E-state index contributed by atoms with van der Waals surface area (Å²) in [5.74, 6) is 0.962. The smallest absolute Gasteiger partial charge is 0.176 e. The second kappa shape index (κ2) is 8.48. The highest BCUT2D eigenvalue weighted by atomic mass is 32.2. The van der Waals surface area contributed by atoms with E-state index in [1.807, 2.05) is 30.3 Å². The molecule has 136 valence electrons. The van der Waals surface area contributed by atoms with E-state index in [0.717, 1.165) is 17.9 Å². The minimum absolute atomic E-state index is 0.0792. The van der Waals surface area contributed by atoms with Crippen molar-refractivity contribution in [2.24, 2.45) is 5.92 Å². The molecule has 25 heavy (non-hydrogen) atoms. The van der Waals surface area contributed by atoms with Crippen molar-refractivity contribution >= 4 is 10.7 Å². The van der Waals surface area contributed by atoms with Gasteiger partial charge in [-0.15, -0.1) is 4.31 Å². The fraction of sp³-hybridized carbons (Fsp3) is 0.545. The van der Waals surface area contributed by atoms with Crippen LogP contribution in [0, 0.1) is 5.92 Å². The Bertz CT molecular complexity index is 658. The molecule has 1 aliphatic rings. The molecule has 0 spiro atoms. The third kappa shape index (κ3) is 4.33. The first kappa shape index (κ1) is 18.6. The van der Waals surface area contributed by atoms with Gasteiger partial charge >= 0.3 is 0 Å². The molecule has 1 heterocycles. The summed E-state index contributed by atoms with van der Waals surface area (Å²) in [6, 6.07) is 12.5. The summed E-state index contributed by atoms with van der Waals surface area (Å²) < 4.78 is 2.34. The van der Waals surface area contributed by atoms with Gasteiger partial charge < -0.3 is 5.11 Å². The van der Waals surface area contributed by atoms with E-state index in [0.29, 0.717) is 0 Å². The van der Waals surface area contributed by atoms with Gasteiger partial charge in [-0.1, -0.05) is 56.5 Å². The monoisotopic (exact) mass is 358 g/mol. The van der Waals surface area contributed by atoms with Crippen LogP contribution in [-0.4, -0.2) is 19.2 Å². The predicted molar refractivity (Wildman–Crippen MR) is 109 cm³/mol. The molecule has 0 radical (unpaired) electrons. The van der Waals surface area contributed by atoms with Crippen LogP contribution in [0.15, 0.2) is 41.8 Å². The molecule has 3 unspecified atom stereocenters. The molecule has 2 aromatic rings. The fourth-order valence-electron chi connectivity index (χ4n) is 4.14. The number of nitrogens with zero attached hydrogens (tertiary/aromatic N) is 1. The molecule has 0 aliphatic heterocycles. The molecule has 3 rings (SSSR count). The van der Waals surface area contributed by atoms with E-state index in [9.17, 15) is 5.11 Å². The molecule has 1 saturated carbocycles. The van der Waals surface area contributed by atoms with E-state index in [4.69, 9.17) is 0 Å². The number of benzene rings is 1. The van der Waals surface area contributed by atoms with Crippen molar-refractivity contribution in [1.29, 1.82) is 0 Å². The number of aliphatic hydroxyl groups excluding tert-OH is 1. The summed E-state index contributed by atoms with van der Waals surface area (Å²) in [5.41, 5.74) is 2.62. The van der Waals surface area contributed by atoms with Crippen molar-refractivity contribution < 1.29 is 5.11 Å². The van der Waals surface area contributed by atoms with Crippen LogP contribution in [0.5, 0.6) is 0 Å². The van der Waals surface area contributed by atoms with Crippen LogP contribution in [0.1, 0.15) is 67.1 Å². The van der Waals surface area contributed by atoms with Crippen LogP contribution < -0.4 is 4.31 Å². The van der Waals surface area contributed by atoms with Gasteiger partial charge in [-0.3, -0.25) is 0 Å². The van der Waals surface area contributed by atoms with Gasteiger partial charge in [-0.25, -0.2) is 0 Å². The number of thiophene rings is 1. The zero-order chi connectivity index (χ0) is 17.8. The Morgan fingerprint density at radius 3 is 2.40 bits per heavy atom. The minimum atomic E-state index is -0.394.